The Hall–Kier alpha value is -0.800. The molecule has 2 rings (SSSR count). The fourth-order valence-electron chi connectivity index (χ4n) is 2.08. The summed E-state index contributed by atoms with van der Waals surface area (Å²) in [7, 11) is 0. The van der Waals surface area contributed by atoms with E-state index in [4.69, 9.17) is 16.3 Å². The van der Waals surface area contributed by atoms with Crippen LogP contribution in [0.4, 0.5) is 5.82 Å². The van der Waals surface area contributed by atoms with Crippen molar-refractivity contribution in [2.75, 3.05) is 18.0 Å². The van der Waals surface area contributed by atoms with Crippen molar-refractivity contribution in [2.45, 2.75) is 31.9 Å². The van der Waals surface area contributed by atoms with Gasteiger partial charge in [0.05, 0.1) is 12.2 Å². The lowest BCUT2D eigenvalue weighted by atomic mass is 10.2. The topological polar surface area (TPSA) is 25.4 Å². The number of rotatable bonds is 2. The number of hydrogen-bond acceptors (Lipinski definition) is 3. The number of pyridine rings is 1. The maximum atomic E-state index is 5.82. The zero-order valence-corrected chi connectivity index (χ0v) is 10.4. The van der Waals surface area contributed by atoms with E-state index < -0.39 is 0 Å². The van der Waals surface area contributed by atoms with Crippen LogP contribution in [0.25, 0.3) is 0 Å². The molecule has 1 aromatic rings. The molecule has 0 aliphatic carbocycles. The first kappa shape index (κ1) is 11.7. The van der Waals surface area contributed by atoms with Gasteiger partial charge < -0.3 is 9.64 Å². The van der Waals surface area contributed by atoms with Gasteiger partial charge in [-0.05, 0) is 31.5 Å². The maximum absolute atomic E-state index is 5.82. The molecule has 1 saturated heterocycles. The highest BCUT2D eigenvalue weighted by Crippen LogP contribution is 2.19. The molecule has 88 valence electrons. The highest BCUT2D eigenvalue weighted by atomic mass is 35.5. The second kappa shape index (κ2) is 5.02. The fourth-order valence-corrected chi connectivity index (χ4v) is 2.25. The number of hydrogen-bond donors (Lipinski definition) is 0. The lowest BCUT2D eigenvalue weighted by Gasteiger charge is -2.36. The second-order valence-electron chi connectivity index (χ2n) is 4.32. The summed E-state index contributed by atoms with van der Waals surface area (Å²) in [6.45, 7) is 5.97. The Bertz CT molecular complexity index is 349. The van der Waals surface area contributed by atoms with Crippen LogP contribution in [0.5, 0.6) is 0 Å². The Labute approximate surface area is 101 Å². The van der Waals surface area contributed by atoms with Crippen molar-refractivity contribution < 1.29 is 4.74 Å². The van der Waals surface area contributed by atoms with Crippen molar-refractivity contribution in [3.8, 4) is 0 Å². The molecule has 0 radical (unpaired) electrons. The fraction of sp³-hybridized carbons (Fsp3) is 0.583. The summed E-state index contributed by atoms with van der Waals surface area (Å²) in [6, 6.07) is 4.00. The van der Waals surface area contributed by atoms with Crippen LogP contribution in [0.1, 0.15) is 19.4 Å². The number of morpholine rings is 1. The predicted octanol–water partition coefficient (Wildman–Crippen LogP) is 2.43. The number of ether oxygens (including phenoxy) is 1. The zero-order valence-electron chi connectivity index (χ0n) is 9.69. The van der Waals surface area contributed by atoms with Gasteiger partial charge in [-0.2, -0.15) is 0 Å². The molecule has 0 amide bonds. The average molecular weight is 241 g/mol. The van der Waals surface area contributed by atoms with Crippen LogP contribution in [-0.4, -0.2) is 30.3 Å². The van der Waals surface area contributed by atoms with Crippen molar-refractivity contribution in [2.24, 2.45) is 0 Å². The normalized spacial score (nSPS) is 25.8. The molecular formula is C12H17ClN2O. The smallest absolute Gasteiger partial charge is 0.128 e. The van der Waals surface area contributed by atoms with E-state index in [1.165, 1.54) is 0 Å². The molecule has 0 saturated carbocycles. The number of alkyl halides is 1. The number of nitrogens with zero attached hydrogens (tertiary/aromatic N) is 2. The maximum Gasteiger partial charge on any atom is 0.128 e. The summed E-state index contributed by atoms with van der Waals surface area (Å²) < 4.78 is 5.70. The first-order valence-corrected chi connectivity index (χ1v) is 6.14. The lowest BCUT2D eigenvalue weighted by Crippen LogP contribution is -2.45. The van der Waals surface area contributed by atoms with Gasteiger partial charge in [0.2, 0.25) is 0 Å². The van der Waals surface area contributed by atoms with Crippen LogP contribution in [0, 0.1) is 0 Å². The number of anilines is 1. The van der Waals surface area contributed by atoms with Gasteiger partial charge in [0, 0.05) is 25.2 Å². The molecule has 0 bridgehead atoms. The molecule has 0 unspecified atom stereocenters. The van der Waals surface area contributed by atoms with E-state index in [9.17, 15) is 0 Å². The number of halogens is 1. The van der Waals surface area contributed by atoms with Crippen molar-refractivity contribution >= 4 is 17.4 Å². The molecule has 1 fully saturated rings. The summed E-state index contributed by atoms with van der Waals surface area (Å²) in [5.74, 6) is 1.53. The predicted molar refractivity (Wildman–Crippen MR) is 66.0 cm³/mol. The van der Waals surface area contributed by atoms with E-state index in [1.807, 2.05) is 12.3 Å². The van der Waals surface area contributed by atoms with Gasteiger partial charge in [0.1, 0.15) is 5.82 Å². The van der Waals surface area contributed by atoms with E-state index in [2.05, 4.69) is 29.8 Å². The van der Waals surface area contributed by atoms with Crippen LogP contribution < -0.4 is 4.90 Å². The second-order valence-corrected chi connectivity index (χ2v) is 4.59. The molecule has 2 atom stereocenters. The summed E-state index contributed by atoms with van der Waals surface area (Å²) >= 11 is 5.82. The van der Waals surface area contributed by atoms with Crippen LogP contribution in [-0.2, 0) is 10.6 Å². The van der Waals surface area contributed by atoms with Crippen molar-refractivity contribution in [1.82, 2.24) is 4.98 Å². The van der Waals surface area contributed by atoms with Gasteiger partial charge in [0.15, 0.2) is 0 Å². The molecular weight excluding hydrogens is 224 g/mol. The molecule has 0 aromatic carbocycles. The molecule has 4 heteroatoms. The Morgan fingerprint density at radius 3 is 2.75 bits per heavy atom. The van der Waals surface area contributed by atoms with Gasteiger partial charge in [0.25, 0.3) is 0 Å². The molecule has 1 aliphatic heterocycles. The largest absolute Gasteiger partial charge is 0.372 e. The molecule has 2 heterocycles. The molecule has 1 aromatic heterocycles. The minimum absolute atomic E-state index is 0.255. The average Bonchev–Trinajstić information content (AvgIpc) is 2.28. The quantitative estimate of drug-likeness (QED) is 0.743. The Morgan fingerprint density at radius 2 is 2.12 bits per heavy atom. The van der Waals surface area contributed by atoms with E-state index >= 15 is 0 Å². The van der Waals surface area contributed by atoms with Crippen molar-refractivity contribution in [3.05, 3.63) is 23.9 Å². The number of aromatic nitrogens is 1. The first-order chi connectivity index (χ1) is 7.69. The monoisotopic (exact) mass is 240 g/mol. The third-order valence-electron chi connectivity index (χ3n) is 2.71. The molecule has 0 N–H and O–H groups in total. The van der Waals surface area contributed by atoms with Gasteiger partial charge in [-0.1, -0.05) is 0 Å². The summed E-state index contributed by atoms with van der Waals surface area (Å²) in [4.78, 5) is 6.65. The first-order valence-electron chi connectivity index (χ1n) is 5.60. The summed E-state index contributed by atoms with van der Waals surface area (Å²) in [6.07, 6.45) is 2.33. The molecule has 3 nitrogen and oxygen atoms in total. The van der Waals surface area contributed by atoms with Crippen LogP contribution in [0.2, 0.25) is 0 Å². The van der Waals surface area contributed by atoms with E-state index in [-0.39, 0.29) is 12.2 Å². The molecule has 0 spiro atoms. The third kappa shape index (κ3) is 2.66. The lowest BCUT2D eigenvalue weighted by molar-refractivity contribution is -0.00546. The van der Waals surface area contributed by atoms with Crippen molar-refractivity contribution in [3.63, 3.8) is 0 Å². The minimum atomic E-state index is 0.255. The van der Waals surface area contributed by atoms with Gasteiger partial charge in [-0.25, -0.2) is 4.98 Å². The van der Waals surface area contributed by atoms with Crippen LogP contribution in [0.3, 0.4) is 0 Å². The molecule has 1 aliphatic rings. The van der Waals surface area contributed by atoms with E-state index in [1.54, 1.807) is 0 Å². The van der Waals surface area contributed by atoms with Gasteiger partial charge in [-0.15, -0.1) is 11.6 Å². The third-order valence-corrected chi connectivity index (χ3v) is 3.02. The van der Waals surface area contributed by atoms with Crippen LogP contribution in [0.15, 0.2) is 18.3 Å². The Balaban J connectivity index is 2.16. The highest BCUT2D eigenvalue weighted by Gasteiger charge is 2.22. The van der Waals surface area contributed by atoms with Crippen molar-refractivity contribution in [1.29, 1.82) is 0 Å². The van der Waals surface area contributed by atoms with E-state index in [0.717, 1.165) is 24.5 Å². The Morgan fingerprint density at radius 1 is 1.44 bits per heavy atom. The Kier molecular flexibility index (Phi) is 3.66. The van der Waals surface area contributed by atoms with E-state index in [0.29, 0.717) is 5.88 Å². The summed E-state index contributed by atoms with van der Waals surface area (Å²) in [5, 5.41) is 0. The van der Waals surface area contributed by atoms with Gasteiger partial charge >= 0.3 is 0 Å². The SMILES string of the molecule is C[C@@H]1CN(c2cc(CCl)ccn2)C[C@H](C)O1. The minimum Gasteiger partial charge on any atom is -0.372 e. The highest BCUT2D eigenvalue weighted by molar-refractivity contribution is 6.17. The van der Waals surface area contributed by atoms with Gasteiger partial charge in [-0.3, -0.25) is 0 Å². The summed E-state index contributed by atoms with van der Waals surface area (Å²) in [5.41, 5.74) is 1.11. The van der Waals surface area contributed by atoms with Crippen LogP contribution >= 0.6 is 11.6 Å². The standard InChI is InChI=1S/C12H17ClN2O/c1-9-7-15(8-10(2)16-9)12-5-11(6-13)3-4-14-12/h3-5,9-10H,6-8H2,1-2H3/t9-,10+. The molecule has 16 heavy (non-hydrogen) atoms. The zero-order chi connectivity index (χ0) is 11.5.